The van der Waals surface area contributed by atoms with E-state index in [1.165, 1.54) is 11.1 Å². The molecule has 0 amide bonds. The summed E-state index contributed by atoms with van der Waals surface area (Å²) in [6.45, 7) is 2.95. The molecule has 1 fully saturated rings. The second kappa shape index (κ2) is 5.25. The van der Waals surface area contributed by atoms with Gasteiger partial charge in [-0.1, -0.05) is 0 Å². The number of ether oxygens (including phenoxy) is 2. The third-order valence-corrected chi connectivity index (χ3v) is 5.07. The van der Waals surface area contributed by atoms with Crippen molar-refractivity contribution in [3.05, 3.63) is 23.3 Å². The van der Waals surface area contributed by atoms with Gasteiger partial charge in [0.1, 0.15) is 12.6 Å². The van der Waals surface area contributed by atoms with Gasteiger partial charge in [0.15, 0.2) is 11.5 Å². The van der Waals surface area contributed by atoms with Gasteiger partial charge in [0.05, 0.1) is 39.8 Å². The van der Waals surface area contributed by atoms with Crippen LogP contribution in [0.1, 0.15) is 17.2 Å². The van der Waals surface area contributed by atoms with Crippen molar-refractivity contribution in [3.63, 3.8) is 0 Å². The van der Waals surface area contributed by atoms with Gasteiger partial charge in [0, 0.05) is 12.0 Å². The number of aliphatic hydroxyl groups is 1. The van der Waals surface area contributed by atoms with Gasteiger partial charge < -0.3 is 19.1 Å². The second-order valence-corrected chi connectivity index (χ2v) is 6.03. The van der Waals surface area contributed by atoms with Crippen LogP contribution in [0.15, 0.2) is 12.1 Å². The van der Waals surface area contributed by atoms with Crippen LogP contribution in [0.25, 0.3) is 0 Å². The highest BCUT2D eigenvalue weighted by Crippen LogP contribution is 2.51. The summed E-state index contributed by atoms with van der Waals surface area (Å²) >= 11 is 0. The number of nitrogens with zero attached hydrogens (tertiary/aromatic N) is 1. The minimum Gasteiger partial charge on any atom is -0.493 e. The van der Waals surface area contributed by atoms with Crippen LogP contribution >= 0.6 is 0 Å². The molecule has 0 spiro atoms. The Morgan fingerprint density at radius 1 is 1.33 bits per heavy atom. The Balaban J connectivity index is 2.06. The zero-order valence-corrected chi connectivity index (χ0v) is 12.6. The molecule has 3 atom stereocenters. The number of hydrogen-bond acceptors (Lipinski definition) is 3. The van der Waals surface area contributed by atoms with Gasteiger partial charge in [-0.15, -0.1) is 6.42 Å². The molecule has 0 saturated carbocycles. The Kier molecular flexibility index (Phi) is 3.56. The van der Waals surface area contributed by atoms with Crippen LogP contribution < -0.4 is 9.47 Å². The lowest BCUT2D eigenvalue weighted by atomic mass is 9.74. The normalized spacial score (nSPS) is 29.6. The van der Waals surface area contributed by atoms with E-state index >= 15 is 0 Å². The van der Waals surface area contributed by atoms with Crippen molar-refractivity contribution in [2.24, 2.45) is 5.92 Å². The van der Waals surface area contributed by atoms with Crippen molar-refractivity contribution in [1.29, 1.82) is 0 Å². The summed E-state index contributed by atoms with van der Waals surface area (Å²) in [5, 5.41) is 9.64. The van der Waals surface area contributed by atoms with Crippen molar-refractivity contribution in [1.82, 2.24) is 0 Å². The van der Waals surface area contributed by atoms with E-state index in [4.69, 9.17) is 15.9 Å². The maximum absolute atomic E-state index is 9.64. The van der Waals surface area contributed by atoms with Crippen molar-refractivity contribution < 1.29 is 19.1 Å². The highest BCUT2D eigenvalue weighted by Gasteiger charge is 2.56. The van der Waals surface area contributed by atoms with Crippen LogP contribution in [0, 0.1) is 18.3 Å². The Labute approximate surface area is 125 Å². The summed E-state index contributed by atoms with van der Waals surface area (Å²) in [7, 11) is 3.31. The van der Waals surface area contributed by atoms with Crippen molar-refractivity contribution >= 4 is 0 Å². The Morgan fingerprint density at radius 2 is 2.05 bits per heavy atom. The molecule has 1 N–H and O–H groups in total. The highest BCUT2D eigenvalue weighted by atomic mass is 16.5. The molecular formula is C17H22NO3+. The third-order valence-electron chi connectivity index (χ3n) is 5.07. The lowest BCUT2D eigenvalue weighted by molar-refractivity contribution is -1.00. The van der Waals surface area contributed by atoms with Crippen LogP contribution in [0.5, 0.6) is 11.5 Å². The number of hydrogen-bond donors (Lipinski definition) is 1. The Hall–Kier alpha value is -1.70. The highest BCUT2D eigenvalue weighted by molar-refractivity contribution is 5.49. The van der Waals surface area contributed by atoms with E-state index in [1.54, 1.807) is 14.2 Å². The topological polar surface area (TPSA) is 38.7 Å². The summed E-state index contributed by atoms with van der Waals surface area (Å²) in [5.74, 6) is 4.63. The molecule has 1 saturated heterocycles. The van der Waals surface area contributed by atoms with Crippen LogP contribution in [0.2, 0.25) is 0 Å². The lowest BCUT2D eigenvalue weighted by Crippen LogP contribution is -2.68. The molecule has 112 valence electrons. The number of aliphatic hydroxyl groups excluding tert-OH is 1. The van der Waals surface area contributed by atoms with E-state index < -0.39 is 0 Å². The molecule has 4 heteroatoms. The number of benzene rings is 1. The van der Waals surface area contributed by atoms with Gasteiger partial charge in [0.25, 0.3) is 0 Å². The average molecular weight is 288 g/mol. The zero-order chi connectivity index (χ0) is 15.0. The van der Waals surface area contributed by atoms with Crippen molar-refractivity contribution in [2.75, 3.05) is 40.5 Å². The monoisotopic (exact) mass is 288 g/mol. The standard InChI is InChI=1S/C17H22NO3/c1-4-6-18-7-5-12-8-15(20-2)16(21-3)9-14(12)17(18)13(10-18)11-19/h1,8-9,13,17,19H,5-7,10-11H2,2-3H3/q+1/t13-,17-,18?/m1/s1. The van der Waals surface area contributed by atoms with E-state index in [0.717, 1.165) is 42.0 Å². The van der Waals surface area contributed by atoms with Crippen molar-refractivity contribution in [3.8, 4) is 23.8 Å². The van der Waals surface area contributed by atoms with E-state index in [1.807, 2.05) is 0 Å². The summed E-state index contributed by atoms with van der Waals surface area (Å²) < 4.78 is 11.7. The quantitative estimate of drug-likeness (QED) is 0.672. The SMILES string of the molecule is C#CC[N+]12CCc3cc(OC)c(OC)cc3[C@H]1[C@@H](CO)C2. The number of quaternary nitrogens is 1. The number of rotatable bonds is 4. The fraction of sp³-hybridized carbons (Fsp3) is 0.529. The fourth-order valence-corrected chi connectivity index (χ4v) is 4.12. The minimum atomic E-state index is 0.211. The first-order chi connectivity index (χ1) is 10.2. The summed E-state index contributed by atoms with van der Waals surface area (Å²) in [6, 6.07) is 4.43. The molecule has 1 aromatic rings. The van der Waals surface area contributed by atoms with Crippen LogP contribution in [-0.4, -0.2) is 50.1 Å². The lowest BCUT2D eigenvalue weighted by Gasteiger charge is -2.58. The van der Waals surface area contributed by atoms with Gasteiger partial charge in [-0.2, -0.15) is 0 Å². The molecule has 2 aliphatic rings. The molecule has 0 aliphatic carbocycles. The van der Waals surface area contributed by atoms with Crippen LogP contribution in [0.4, 0.5) is 0 Å². The number of fused-ring (bicyclic) bond motifs is 3. The van der Waals surface area contributed by atoms with Gasteiger partial charge in [-0.05, 0) is 23.6 Å². The molecule has 2 aliphatic heterocycles. The molecule has 3 rings (SSSR count). The van der Waals surface area contributed by atoms with E-state index in [9.17, 15) is 5.11 Å². The first kappa shape index (κ1) is 14.2. The smallest absolute Gasteiger partial charge is 0.161 e. The molecular weight excluding hydrogens is 266 g/mol. The summed E-state index contributed by atoms with van der Waals surface area (Å²) in [4.78, 5) is 0. The van der Waals surface area contributed by atoms with Gasteiger partial charge in [-0.3, -0.25) is 0 Å². The second-order valence-electron chi connectivity index (χ2n) is 6.03. The van der Waals surface area contributed by atoms with Crippen LogP contribution in [-0.2, 0) is 6.42 Å². The van der Waals surface area contributed by atoms with Crippen LogP contribution in [0.3, 0.4) is 0 Å². The molecule has 4 nitrogen and oxygen atoms in total. The predicted octanol–water partition coefficient (Wildman–Crippen LogP) is 1.37. The molecule has 1 unspecified atom stereocenters. The predicted molar refractivity (Wildman–Crippen MR) is 80.3 cm³/mol. The molecule has 0 bridgehead atoms. The largest absolute Gasteiger partial charge is 0.493 e. The van der Waals surface area contributed by atoms with E-state index in [2.05, 4.69) is 18.1 Å². The molecule has 0 radical (unpaired) electrons. The molecule has 1 aromatic carbocycles. The first-order valence-corrected chi connectivity index (χ1v) is 7.34. The summed E-state index contributed by atoms with van der Waals surface area (Å²) in [6.07, 6.45) is 6.57. The van der Waals surface area contributed by atoms with E-state index in [0.29, 0.717) is 0 Å². The number of methoxy groups -OCH3 is 2. The molecule has 2 heterocycles. The average Bonchev–Trinajstić information content (AvgIpc) is 2.49. The van der Waals surface area contributed by atoms with Gasteiger partial charge in [0.2, 0.25) is 0 Å². The summed E-state index contributed by atoms with van der Waals surface area (Å²) in [5.41, 5.74) is 2.56. The maximum atomic E-state index is 9.64. The van der Waals surface area contributed by atoms with Gasteiger partial charge in [-0.25, -0.2) is 0 Å². The van der Waals surface area contributed by atoms with Gasteiger partial charge >= 0.3 is 0 Å². The third kappa shape index (κ3) is 2.00. The Morgan fingerprint density at radius 3 is 2.67 bits per heavy atom. The maximum Gasteiger partial charge on any atom is 0.161 e. The Bertz CT molecular complexity index is 592. The fourth-order valence-electron chi connectivity index (χ4n) is 4.12. The zero-order valence-electron chi connectivity index (χ0n) is 12.6. The first-order valence-electron chi connectivity index (χ1n) is 7.34. The minimum absolute atomic E-state index is 0.211. The van der Waals surface area contributed by atoms with Crippen molar-refractivity contribution in [2.45, 2.75) is 12.5 Å². The van der Waals surface area contributed by atoms with E-state index in [-0.39, 0.29) is 18.6 Å². The molecule has 21 heavy (non-hydrogen) atoms. The number of terminal acetylenes is 1. The molecule has 0 aromatic heterocycles.